The van der Waals surface area contributed by atoms with Crippen LogP contribution in [-0.4, -0.2) is 36.5 Å². The molecule has 1 unspecified atom stereocenters. The highest BCUT2D eigenvalue weighted by Gasteiger charge is 2.22. The molecule has 0 aliphatic carbocycles. The van der Waals surface area contributed by atoms with Crippen LogP contribution in [0.4, 0.5) is 5.69 Å². The van der Waals surface area contributed by atoms with Gasteiger partial charge in [0, 0.05) is 43.5 Å². The van der Waals surface area contributed by atoms with Crippen molar-refractivity contribution in [2.45, 2.75) is 32.4 Å². The van der Waals surface area contributed by atoms with Crippen LogP contribution in [-0.2, 0) is 6.54 Å². The quantitative estimate of drug-likeness (QED) is 0.812. The fourth-order valence-corrected chi connectivity index (χ4v) is 3.26. The molecular weight excluding hydrogens is 310 g/mol. The molecule has 0 spiro atoms. The van der Waals surface area contributed by atoms with Gasteiger partial charge in [0.25, 0.3) is 5.91 Å². The lowest BCUT2D eigenvalue weighted by molar-refractivity contribution is 0.0953. The van der Waals surface area contributed by atoms with Crippen molar-refractivity contribution in [1.29, 1.82) is 0 Å². The number of hydrogen-bond donors (Lipinski definition) is 2. The summed E-state index contributed by atoms with van der Waals surface area (Å²) in [5.74, 6) is 0.00243. The zero-order valence-electron chi connectivity index (χ0n) is 14.9. The second kappa shape index (κ2) is 8.67. The Labute approximate surface area is 150 Å². The van der Waals surface area contributed by atoms with Crippen LogP contribution in [0.5, 0.6) is 0 Å². The second-order valence-corrected chi connectivity index (χ2v) is 6.69. The fraction of sp³-hybridized carbons (Fsp3) is 0.381. The Hall–Kier alpha value is -2.33. The van der Waals surface area contributed by atoms with E-state index < -0.39 is 0 Å². The summed E-state index contributed by atoms with van der Waals surface area (Å²) in [6.07, 6.45) is 2.07. The van der Waals surface area contributed by atoms with Crippen LogP contribution in [0.15, 0.2) is 54.6 Å². The molecule has 1 heterocycles. The number of nitrogens with one attached hydrogen (secondary N) is 2. The number of nitrogens with zero attached hydrogens (tertiary/aromatic N) is 1. The topological polar surface area (TPSA) is 44.4 Å². The van der Waals surface area contributed by atoms with Crippen molar-refractivity contribution in [3.05, 3.63) is 65.7 Å². The van der Waals surface area contributed by atoms with Crippen LogP contribution in [0.1, 0.15) is 35.7 Å². The minimum absolute atomic E-state index is 0.00243. The molecule has 2 aromatic carbocycles. The van der Waals surface area contributed by atoms with Crippen LogP contribution in [0, 0.1) is 0 Å². The minimum atomic E-state index is 0.00243. The van der Waals surface area contributed by atoms with E-state index in [2.05, 4.69) is 52.8 Å². The van der Waals surface area contributed by atoms with Crippen molar-refractivity contribution < 1.29 is 4.79 Å². The molecule has 1 atom stereocenters. The molecule has 132 valence electrons. The van der Waals surface area contributed by atoms with Crippen molar-refractivity contribution in [3.8, 4) is 0 Å². The van der Waals surface area contributed by atoms with E-state index in [1.807, 2.05) is 24.3 Å². The molecule has 2 N–H and O–H groups in total. The minimum Gasteiger partial charge on any atom is -0.381 e. The highest BCUT2D eigenvalue weighted by Crippen LogP contribution is 2.19. The number of anilines is 1. The summed E-state index contributed by atoms with van der Waals surface area (Å²) < 4.78 is 0. The first kappa shape index (κ1) is 17.5. The molecule has 25 heavy (non-hydrogen) atoms. The van der Waals surface area contributed by atoms with Crippen LogP contribution in [0.2, 0.25) is 0 Å². The Bertz CT molecular complexity index is 687. The lowest BCUT2D eigenvalue weighted by atomic mass is 10.1. The van der Waals surface area contributed by atoms with Gasteiger partial charge in [-0.1, -0.05) is 43.3 Å². The second-order valence-electron chi connectivity index (χ2n) is 6.69. The molecular formula is C21H27N3O. The van der Waals surface area contributed by atoms with Gasteiger partial charge in [0.1, 0.15) is 0 Å². The predicted octanol–water partition coefficient (Wildman–Crippen LogP) is 3.51. The van der Waals surface area contributed by atoms with Crippen LogP contribution < -0.4 is 10.6 Å². The Morgan fingerprint density at radius 1 is 1.16 bits per heavy atom. The summed E-state index contributed by atoms with van der Waals surface area (Å²) in [5.41, 5.74) is 3.10. The van der Waals surface area contributed by atoms with E-state index in [0.717, 1.165) is 43.7 Å². The van der Waals surface area contributed by atoms with Crippen molar-refractivity contribution in [3.63, 3.8) is 0 Å². The van der Waals surface area contributed by atoms with E-state index in [4.69, 9.17) is 0 Å². The largest absolute Gasteiger partial charge is 0.381 e. The number of benzene rings is 2. The number of carbonyl (C=O) groups is 1. The van der Waals surface area contributed by atoms with Crippen LogP contribution in [0.3, 0.4) is 0 Å². The van der Waals surface area contributed by atoms with Crippen molar-refractivity contribution in [2.24, 2.45) is 0 Å². The van der Waals surface area contributed by atoms with Crippen LogP contribution in [0.25, 0.3) is 0 Å². The maximum Gasteiger partial charge on any atom is 0.251 e. The maximum atomic E-state index is 12.1. The third-order valence-electron chi connectivity index (χ3n) is 4.55. The van der Waals surface area contributed by atoms with E-state index in [1.54, 1.807) is 0 Å². The third kappa shape index (κ3) is 5.07. The monoisotopic (exact) mass is 337 g/mol. The Kier molecular flexibility index (Phi) is 6.07. The Morgan fingerprint density at radius 3 is 2.80 bits per heavy atom. The van der Waals surface area contributed by atoms with Gasteiger partial charge in [0.2, 0.25) is 0 Å². The van der Waals surface area contributed by atoms with Crippen molar-refractivity contribution in [1.82, 2.24) is 10.2 Å². The van der Waals surface area contributed by atoms with Crippen molar-refractivity contribution in [2.75, 3.05) is 25.0 Å². The van der Waals surface area contributed by atoms with Crippen LogP contribution >= 0.6 is 0 Å². The maximum absolute atomic E-state index is 12.1. The van der Waals surface area contributed by atoms with Gasteiger partial charge in [-0.05, 0) is 36.6 Å². The summed E-state index contributed by atoms with van der Waals surface area (Å²) in [7, 11) is 0. The van der Waals surface area contributed by atoms with Gasteiger partial charge in [-0.25, -0.2) is 0 Å². The lowest BCUT2D eigenvalue weighted by Gasteiger charge is -2.18. The fourth-order valence-electron chi connectivity index (χ4n) is 3.26. The van der Waals surface area contributed by atoms with Gasteiger partial charge in [-0.15, -0.1) is 0 Å². The lowest BCUT2D eigenvalue weighted by Crippen LogP contribution is -2.26. The normalized spacial score (nSPS) is 17.4. The highest BCUT2D eigenvalue weighted by molar-refractivity contribution is 5.95. The first-order valence-corrected chi connectivity index (χ1v) is 9.15. The molecule has 1 aliphatic heterocycles. The smallest absolute Gasteiger partial charge is 0.251 e. The van der Waals surface area contributed by atoms with E-state index in [9.17, 15) is 4.79 Å². The number of carbonyl (C=O) groups excluding carboxylic acids is 1. The predicted molar refractivity (Wildman–Crippen MR) is 103 cm³/mol. The standard InChI is InChI=1S/C21H27N3O/c1-2-12-22-21(25)18-9-6-10-19(14-18)23-20-11-13-24(16-20)15-17-7-4-3-5-8-17/h3-10,14,20,23H,2,11-13,15-16H2,1H3,(H,22,25). The van der Waals surface area contributed by atoms with Gasteiger partial charge in [-0.2, -0.15) is 0 Å². The zero-order valence-corrected chi connectivity index (χ0v) is 14.9. The van der Waals surface area contributed by atoms with Gasteiger partial charge >= 0.3 is 0 Å². The van der Waals surface area contributed by atoms with Gasteiger partial charge in [0.15, 0.2) is 0 Å². The summed E-state index contributed by atoms with van der Waals surface area (Å²) in [4.78, 5) is 14.6. The zero-order chi connectivity index (χ0) is 17.5. The molecule has 2 aromatic rings. The Morgan fingerprint density at radius 2 is 2.00 bits per heavy atom. The molecule has 0 saturated carbocycles. The molecule has 1 fully saturated rings. The molecule has 1 amide bonds. The van der Waals surface area contributed by atoms with E-state index in [1.165, 1.54) is 5.56 Å². The van der Waals surface area contributed by atoms with Gasteiger partial charge in [0.05, 0.1) is 0 Å². The van der Waals surface area contributed by atoms with E-state index in [-0.39, 0.29) is 5.91 Å². The molecule has 4 heteroatoms. The number of likely N-dealkylation sites (tertiary alicyclic amines) is 1. The summed E-state index contributed by atoms with van der Waals surface area (Å²) in [6.45, 7) is 5.90. The third-order valence-corrected chi connectivity index (χ3v) is 4.55. The highest BCUT2D eigenvalue weighted by atomic mass is 16.1. The summed E-state index contributed by atoms with van der Waals surface area (Å²) >= 11 is 0. The average Bonchev–Trinajstić information content (AvgIpc) is 3.07. The number of rotatable bonds is 7. The molecule has 0 aromatic heterocycles. The number of amides is 1. The van der Waals surface area contributed by atoms with Crippen molar-refractivity contribution >= 4 is 11.6 Å². The van der Waals surface area contributed by atoms with Gasteiger partial charge < -0.3 is 10.6 Å². The first-order valence-electron chi connectivity index (χ1n) is 9.15. The molecule has 3 rings (SSSR count). The van der Waals surface area contributed by atoms with E-state index >= 15 is 0 Å². The summed E-state index contributed by atoms with van der Waals surface area (Å²) in [6, 6.07) is 18.8. The average molecular weight is 337 g/mol. The summed E-state index contributed by atoms with van der Waals surface area (Å²) in [5, 5.41) is 6.52. The molecule has 1 saturated heterocycles. The first-order chi connectivity index (χ1) is 12.2. The van der Waals surface area contributed by atoms with E-state index in [0.29, 0.717) is 12.6 Å². The molecule has 0 radical (unpaired) electrons. The number of hydrogen-bond acceptors (Lipinski definition) is 3. The Balaban J connectivity index is 1.54. The molecule has 1 aliphatic rings. The van der Waals surface area contributed by atoms with Gasteiger partial charge in [-0.3, -0.25) is 9.69 Å². The molecule has 4 nitrogen and oxygen atoms in total. The SMILES string of the molecule is CCCNC(=O)c1cccc(NC2CCN(Cc3ccccc3)C2)c1. The molecule has 0 bridgehead atoms.